The maximum atomic E-state index is 13.0. The lowest BCUT2D eigenvalue weighted by Crippen LogP contribution is -2.33. The summed E-state index contributed by atoms with van der Waals surface area (Å²) in [5.41, 5.74) is 5.84. The van der Waals surface area contributed by atoms with Crippen molar-refractivity contribution in [3.8, 4) is 11.3 Å². The summed E-state index contributed by atoms with van der Waals surface area (Å²) >= 11 is 0. The first-order valence-electron chi connectivity index (χ1n) is 12.4. The van der Waals surface area contributed by atoms with Gasteiger partial charge in [0.05, 0.1) is 16.8 Å². The number of carbonyl (C=O) groups excluding carboxylic acids is 1. The van der Waals surface area contributed by atoms with E-state index in [2.05, 4.69) is 20.3 Å². The number of nitrogens with one attached hydrogen (secondary N) is 1. The van der Waals surface area contributed by atoms with Crippen molar-refractivity contribution in [1.82, 2.24) is 25.1 Å². The number of oxime groups is 1. The molecule has 1 N–H and O–H groups in total. The molecule has 8 nitrogen and oxygen atoms in total. The topological polar surface area (TPSA) is 82.9 Å². The second-order valence-corrected chi connectivity index (χ2v) is 9.37. The maximum absolute atomic E-state index is 13.0. The lowest BCUT2D eigenvalue weighted by Gasteiger charge is -2.15. The van der Waals surface area contributed by atoms with Gasteiger partial charge in [0.2, 0.25) is 0 Å². The third kappa shape index (κ3) is 5.04. The molecule has 0 unspecified atom stereocenters. The number of aromatic nitrogens is 2. The third-order valence-corrected chi connectivity index (χ3v) is 6.51. The highest BCUT2D eigenvalue weighted by atomic mass is 16.6. The van der Waals surface area contributed by atoms with Gasteiger partial charge in [-0.25, -0.2) is 9.97 Å². The lowest BCUT2D eigenvalue weighted by atomic mass is 10.1. The van der Waals surface area contributed by atoms with Gasteiger partial charge in [0.25, 0.3) is 5.91 Å². The Kier molecular flexibility index (Phi) is 7.01. The fraction of sp³-hybridized carbons (Fsp3) is 0.407. The fourth-order valence-electron chi connectivity index (χ4n) is 4.71. The summed E-state index contributed by atoms with van der Waals surface area (Å²) in [4.78, 5) is 33.1. The van der Waals surface area contributed by atoms with Gasteiger partial charge < -0.3 is 20.0 Å². The molecule has 1 aliphatic heterocycles. The molecule has 2 aliphatic rings. The van der Waals surface area contributed by atoms with E-state index in [1.165, 1.54) is 12.8 Å². The Bertz CT molecular complexity index is 1250. The molecule has 0 bridgehead atoms. The number of para-hydroxylation sites is 1. The van der Waals surface area contributed by atoms with E-state index in [-0.39, 0.29) is 5.91 Å². The summed E-state index contributed by atoms with van der Waals surface area (Å²) in [6.45, 7) is 5.19. The van der Waals surface area contributed by atoms with Crippen LogP contribution < -0.4 is 5.32 Å². The van der Waals surface area contributed by atoms with Crippen molar-refractivity contribution in [3.05, 3.63) is 59.3 Å². The number of fused-ring (bicyclic) bond motifs is 4. The normalized spacial score (nSPS) is 16.1. The summed E-state index contributed by atoms with van der Waals surface area (Å²) < 4.78 is 0. The van der Waals surface area contributed by atoms with Crippen molar-refractivity contribution < 1.29 is 9.63 Å². The molecule has 3 aromatic rings. The molecule has 1 amide bonds. The molecule has 0 spiro atoms. The van der Waals surface area contributed by atoms with Crippen molar-refractivity contribution in [1.29, 1.82) is 0 Å². The second kappa shape index (κ2) is 10.5. The summed E-state index contributed by atoms with van der Waals surface area (Å²) in [7, 11) is 4.08. The molecule has 1 aromatic heterocycles. The monoisotopic (exact) mass is 472 g/mol. The van der Waals surface area contributed by atoms with Crippen LogP contribution in [0.15, 0.2) is 47.6 Å². The van der Waals surface area contributed by atoms with Gasteiger partial charge in [0, 0.05) is 30.8 Å². The number of hydrogen-bond acceptors (Lipinski definition) is 7. The van der Waals surface area contributed by atoms with E-state index in [0.29, 0.717) is 41.2 Å². The first-order chi connectivity index (χ1) is 17.1. The second-order valence-electron chi connectivity index (χ2n) is 9.37. The Morgan fingerprint density at radius 3 is 2.66 bits per heavy atom. The molecule has 35 heavy (non-hydrogen) atoms. The minimum absolute atomic E-state index is 0.117. The molecule has 0 atom stereocenters. The third-order valence-electron chi connectivity index (χ3n) is 6.51. The minimum Gasteiger partial charge on any atom is -0.395 e. The van der Waals surface area contributed by atoms with Crippen LogP contribution in [-0.2, 0) is 4.84 Å². The zero-order chi connectivity index (χ0) is 24.2. The Labute approximate surface area is 206 Å². The van der Waals surface area contributed by atoms with E-state index in [1.807, 2.05) is 56.6 Å². The van der Waals surface area contributed by atoms with Gasteiger partial charge in [-0.1, -0.05) is 35.5 Å². The van der Waals surface area contributed by atoms with Gasteiger partial charge in [-0.2, -0.15) is 0 Å². The number of rotatable bonds is 9. The number of hydrogen-bond donors (Lipinski definition) is 1. The van der Waals surface area contributed by atoms with Crippen molar-refractivity contribution in [3.63, 3.8) is 0 Å². The van der Waals surface area contributed by atoms with Crippen LogP contribution in [0, 0.1) is 0 Å². The summed E-state index contributed by atoms with van der Waals surface area (Å²) in [5, 5.41) is 7.52. The molecule has 182 valence electrons. The van der Waals surface area contributed by atoms with Gasteiger partial charge in [-0.15, -0.1) is 0 Å². The van der Waals surface area contributed by atoms with E-state index < -0.39 is 0 Å². The molecular weight excluding hydrogens is 440 g/mol. The van der Waals surface area contributed by atoms with Crippen LogP contribution >= 0.6 is 0 Å². The lowest BCUT2D eigenvalue weighted by molar-refractivity contribution is 0.0951. The molecule has 2 aromatic carbocycles. The molecule has 1 fully saturated rings. The average molecular weight is 473 g/mol. The number of amides is 1. The Morgan fingerprint density at radius 2 is 1.86 bits per heavy atom. The molecule has 8 heteroatoms. The highest BCUT2D eigenvalue weighted by Gasteiger charge is 2.29. The van der Waals surface area contributed by atoms with Crippen LogP contribution in [0.1, 0.15) is 40.9 Å². The molecule has 5 rings (SSSR count). The largest absolute Gasteiger partial charge is 0.395 e. The van der Waals surface area contributed by atoms with Crippen LogP contribution in [0.2, 0.25) is 0 Å². The summed E-state index contributed by atoms with van der Waals surface area (Å²) in [5.74, 6) is -0.117. The zero-order valence-corrected chi connectivity index (χ0v) is 20.5. The van der Waals surface area contributed by atoms with Gasteiger partial charge in [0.15, 0.2) is 0 Å². The molecule has 1 saturated heterocycles. The standard InChI is InChI=1S/C27H32N6O2/c1-32(2)14-8-18-35-31-25-20-10-4-3-9-19(20)24-26(25)29-22-12-7-11-21(23(22)30-24)27(34)28-13-17-33-15-5-6-16-33/h3-4,7,9-12H,5-6,8,13-18H2,1-2H3,(H,28,34)/b31-25+. The summed E-state index contributed by atoms with van der Waals surface area (Å²) in [6.07, 6.45) is 3.37. The maximum Gasteiger partial charge on any atom is 0.253 e. The SMILES string of the molecule is CN(C)CCCO/N=C1\c2ccccc2-c2nc3c(C(=O)NCCN4CCCC4)cccc3nc21. The first kappa shape index (κ1) is 23.4. The smallest absolute Gasteiger partial charge is 0.253 e. The number of carbonyl (C=O) groups is 1. The molecule has 0 saturated carbocycles. The van der Waals surface area contributed by atoms with Crippen LogP contribution in [0.25, 0.3) is 22.3 Å². The van der Waals surface area contributed by atoms with E-state index in [9.17, 15) is 4.79 Å². The van der Waals surface area contributed by atoms with Gasteiger partial charge in [-0.05, 0) is 58.6 Å². The Morgan fingerprint density at radius 1 is 1.06 bits per heavy atom. The molecule has 2 heterocycles. The van der Waals surface area contributed by atoms with Crippen LogP contribution in [0.5, 0.6) is 0 Å². The Hall–Kier alpha value is -3.36. The number of nitrogens with zero attached hydrogens (tertiary/aromatic N) is 5. The predicted octanol–water partition coefficient (Wildman–Crippen LogP) is 3.16. The first-order valence-corrected chi connectivity index (χ1v) is 12.4. The quantitative estimate of drug-likeness (QED) is 0.298. The number of benzene rings is 2. The predicted molar refractivity (Wildman–Crippen MR) is 138 cm³/mol. The molecule has 0 radical (unpaired) electrons. The van der Waals surface area contributed by atoms with Crippen LogP contribution in [0.4, 0.5) is 0 Å². The molecule has 1 aliphatic carbocycles. The van der Waals surface area contributed by atoms with Crippen LogP contribution in [0.3, 0.4) is 0 Å². The van der Waals surface area contributed by atoms with Crippen molar-refractivity contribution in [2.45, 2.75) is 19.3 Å². The minimum atomic E-state index is -0.117. The van der Waals surface area contributed by atoms with E-state index in [4.69, 9.17) is 14.8 Å². The van der Waals surface area contributed by atoms with Crippen LogP contribution in [-0.4, -0.2) is 84.8 Å². The van der Waals surface area contributed by atoms with Gasteiger partial charge in [0.1, 0.15) is 23.5 Å². The average Bonchev–Trinajstić information content (AvgIpc) is 3.48. The van der Waals surface area contributed by atoms with Gasteiger partial charge in [-0.3, -0.25) is 4.79 Å². The van der Waals surface area contributed by atoms with Crippen molar-refractivity contribution in [2.24, 2.45) is 5.16 Å². The van der Waals surface area contributed by atoms with Crippen molar-refractivity contribution in [2.75, 3.05) is 53.4 Å². The summed E-state index contributed by atoms with van der Waals surface area (Å²) in [6, 6.07) is 13.5. The number of likely N-dealkylation sites (tertiary alicyclic amines) is 1. The Balaban J connectivity index is 1.42. The highest BCUT2D eigenvalue weighted by molar-refractivity contribution is 6.23. The van der Waals surface area contributed by atoms with Gasteiger partial charge >= 0.3 is 0 Å². The van der Waals surface area contributed by atoms with E-state index in [1.54, 1.807) is 0 Å². The fourth-order valence-corrected chi connectivity index (χ4v) is 4.71. The van der Waals surface area contributed by atoms with Crippen molar-refractivity contribution >= 4 is 22.7 Å². The molecular formula is C27H32N6O2. The highest BCUT2D eigenvalue weighted by Crippen LogP contribution is 2.36. The zero-order valence-electron chi connectivity index (χ0n) is 20.5. The van der Waals surface area contributed by atoms with E-state index >= 15 is 0 Å². The van der Waals surface area contributed by atoms with E-state index in [0.717, 1.165) is 49.4 Å².